The van der Waals surface area contributed by atoms with Crippen LogP contribution in [-0.4, -0.2) is 48.1 Å². The average Bonchev–Trinajstić information content (AvgIpc) is 2.78. The summed E-state index contributed by atoms with van der Waals surface area (Å²) in [5.41, 5.74) is 0. The average molecular weight is 180 g/mol. The summed E-state index contributed by atoms with van der Waals surface area (Å²) in [6.07, 6.45) is 7.38. The van der Waals surface area contributed by atoms with Crippen LogP contribution in [0.1, 0.15) is 32.1 Å². The van der Waals surface area contributed by atoms with Crippen molar-refractivity contribution in [3.8, 4) is 0 Å². The van der Waals surface area contributed by atoms with Crippen molar-refractivity contribution in [3.63, 3.8) is 0 Å². The van der Waals surface area contributed by atoms with Gasteiger partial charge in [0, 0.05) is 24.7 Å². The van der Waals surface area contributed by atoms with Crippen molar-refractivity contribution in [1.82, 2.24) is 9.80 Å². The molecule has 3 fully saturated rings. The largest absolute Gasteiger partial charge is 0.305 e. The van der Waals surface area contributed by atoms with Crippen LogP contribution < -0.4 is 0 Å². The summed E-state index contributed by atoms with van der Waals surface area (Å²) < 4.78 is 0. The molecule has 0 aromatic heterocycles. The fraction of sp³-hybridized carbons (Fsp3) is 1.00. The fourth-order valence-electron chi connectivity index (χ4n) is 3.70. The first-order chi connectivity index (χ1) is 6.34. The van der Waals surface area contributed by atoms with Gasteiger partial charge in [-0.05, 0) is 45.7 Å². The molecule has 2 nitrogen and oxygen atoms in total. The summed E-state index contributed by atoms with van der Waals surface area (Å²) >= 11 is 0. The third-order valence-corrected chi connectivity index (χ3v) is 4.30. The maximum absolute atomic E-state index is 2.86. The SMILES string of the molecule is CN1CC[C@H](N2C3CCC2CC3)C1. The third kappa shape index (κ3) is 1.23. The van der Waals surface area contributed by atoms with Gasteiger partial charge in [0.2, 0.25) is 0 Å². The van der Waals surface area contributed by atoms with Crippen LogP contribution >= 0.6 is 0 Å². The van der Waals surface area contributed by atoms with E-state index in [0.29, 0.717) is 0 Å². The molecule has 0 saturated carbocycles. The summed E-state index contributed by atoms with van der Waals surface area (Å²) in [4.78, 5) is 5.35. The zero-order chi connectivity index (χ0) is 8.84. The molecule has 0 aliphatic carbocycles. The van der Waals surface area contributed by atoms with E-state index in [1.54, 1.807) is 0 Å². The van der Waals surface area contributed by atoms with E-state index >= 15 is 0 Å². The Morgan fingerprint density at radius 1 is 0.846 bits per heavy atom. The first-order valence-corrected chi connectivity index (χ1v) is 5.80. The molecule has 3 saturated heterocycles. The Morgan fingerprint density at radius 3 is 1.92 bits per heavy atom. The Balaban J connectivity index is 1.72. The first-order valence-electron chi connectivity index (χ1n) is 5.80. The normalized spacial score (nSPS) is 46.4. The fourth-order valence-corrected chi connectivity index (χ4v) is 3.70. The maximum Gasteiger partial charge on any atom is 0.0241 e. The molecule has 0 aromatic rings. The van der Waals surface area contributed by atoms with Crippen molar-refractivity contribution in [2.24, 2.45) is 0 Å². The number of hydrogen-bond acceptors (Lipinski definition) is 2. The highest BCUT2D eigenvalue weighted by Crippen LogP contribution is 2.40. The predicted octanol–water partition coefficient (Wildman–Crippen LogP) is 1.32. The van der Waals surface area contributed by atoms with Gasteiger partial charge in [-0.15, -0.1) is 0 Å². The molecule has 3 aliphatic heterocycles. The summed E-state index contributed by atoms with van der Waals surface area (Å²) in [7, 11) is 2.26. The van der Waals surface area contributed by atoms with Crippen molar-refractivity contribution in [2.75, 3.05) is 20.1 Å². The minimum Gasteiger partial charge on any atom is -0.305 e. The number of likely N-dealkylation sites (N-methyl/N-ethyl adjacent to an activating group) is 1. The molecule has 0 spiro atoms. The summed E-state index contributed by atoms with van der Waals surface area (Å²) in [6.45, 7) is 2.65. The zero-order valence-electron chi connectivity index (χ0n) is 8.58. The van der Waals surface area contributed by atoms with Crippen LogP contribution in [0.25, 0.3) is 0 Å². The lowest BCUT2D eigenvalue weighted by molar-refractivity contribution is 0.178. The van der Waals surface area contributed by atoms with Crippen LogP contribution in [0.5, 0.6) is 0 Å². The minimum atomic E-state index is 0.907. The molecule has 3 heterocycles. The lowest BCUT2D eigenvalue weighted by Crippen LogP contribution is -2.40. The molecule has 1 atom stereocenters. The monoisotopic (exact) mass is 180 g/mol. The summed E-state index contributed by atoms with van der Waals surface area (Å²) in [6, 6.07) is 2.85. The number of hydrogen-bond donors (Lipinski definition) is 0. The van der Waals surface area contributed by atoms with Gasteiger partial charge in [0.25, 0.3) is 0 Å². The van der Waals surface area contributed by atoms with Crippen LogP contribution in [0.15, 0.2) is 0 Å². The molecule has 3 aliphatic rings. The molecule has 0 amide bonds. The third-order valence-electron chi connectivity index (χ3n) is 4.30. The molecule has 3 rings (SSSR count). The van der Waals surface area contributed by atoms with Crippen molar-refractivity contribution in [1.29, 1.82) is 0 Å². The van der Waals surface area contributed by atoms with Gasteiger partial charge in [-0.1, -0.05) is 0 Å². The molecule has 0 radical (unpaired) electrons. The highest BCUT2D eigenvalue weighted by molar-refractivity contribution is 4.99. The predicted molar refractivity (Wildman–Crippen MR) is 53.8 cm³/mol. The highest BCUT2D eigenvalue weighted by Gasteiger charge is 2.43. The molecule has 74 valence electrons. The Kier molecular flexibility index (Phi) is 1.88. The minimum absolute atomic E-state index is 0.907. The van der Waals surface area contributed by atoms with Crippen molar-refractivity contribution < 1.29 is 0 Å². The van der Waals surface area contributed by atoms with Gasteiger partial charge in [0.05, 0.1) is 0 Å². The van der Waals surface area contributed by atoms with Crippen LogP contribution in [0.2, 0.25) is 0 Å². The van der Waals surface area contributed by atoms with E-state index in [1.807, 2.05) is 0 Å². The lowest BCUT2D eigenvalue weighted by Gasteiger charge is -2.28. The van der Waals surface area contributed by atoms with Crippen LogP contribution in [-0.2, 0) is 0 Å². The second-order valence-electron chi connectivity index (χ2n) is 5.11. The van der Waals surface area contributed by atoms with Crippen molar-refractivity contribution >= 4 is 0 Å². The van der Waals surface area contributed by atoms with Gasteiger partial charge < -0.3 is 4.90 Å². The number of likely N-dealkylation sites (tertiary alicyclic amines) is 1. The quantitative estimate of drug-likeness (QED) is 0.600. The Bertz CT molecular complexity index is 184. The van der Waals surface area contributed by atoms with Gasteiger partial charge in [0.1, 0.15) is 0 Å². The van der Waals surface area contributed by atoms with Crippen molar-refractivity contribution in [3.05, 3.63) is 0 Å². The van der Waals surface area contributed by atoms with Gasteiger partial charge in [0.15, 0.2) is 0 Å². The molecule has 13 heavy (non-hydrogen) atoms. The summed E-state index contributed by atoms with van der Waals surface area (Å²) in [5.74, 6) is 0. The van der Waals surface area contributed by atoms with E-state index in [9.17, 15) is 0 Å². The van der Waals surface area contributed by atoms with Gasteiger partial charge in [-0.3, -0.25) is 4.90 Å². The molecular weight excluding hydrogens is 160 g/mol. The summed E-state index contributed by atoms with van der Waals surface area (Å²) in [5, 5.41) is 0. The Morgan fingerprint density at radius 2 is 1.46 bits per heavy atom. The van der Waals surface area contributed by atoms with E-state index in [-0.39, 0.29) is 0 Å². The van der Waals surface area contributed by atoms with E-state index in [1.165, 1.54) is 45.2 Å². The van der Waals surface area contributed by atoms with Crippen LogP contribution in [0, 0.1) is 0 Å². The van der Waals surface area contributed by atoms with E-state index in [4.69, 9.17) is 0 Å². The van der Waals surface area contributed by atoms with E-state index in [2.05, 4.69) is 16.8 Å². The molecular formula is C11H20N2. The Labute approximate surface area is 80.9 Å². The standard InChI is InChI=1S/C11H20N2/c1-12-7-6-11(8-12)13-9-2-3-10(13)5-4-9/h9-11H,2-8H2,1H3/t9?,10?,11-/m0/s1. The first kappa shape index (κ1) is 8.25. The second kappa shape index (κ2) is 2.96. The topological polar surface area (TPSA) is 6.48 Å². The van der Waals surface area contributed by atoms with Gasteiger partial charge >= 0.3 is 0 Å². The highest BCUT2D eigenvalue weighted by atomic mass is 15.3. The molecule has 0 unspecified atom stereocenters. The van der Waals surface area contributed by atoms with Gasteiger partial charge in [-0.2, -0.15) is 0 Å². The van der Waals surface area contributed by atoms with Crippen LogP contribution in [0.4, 0.5) is 0 Å². The van der Waals surface area contributed by atoms with Gasteiger partial charge in [-0.25, -0.2) is 0 Å². The lowest BCUT2D eigenvalue weighted by atomic mass is 10.0. The maximum atomic E-state index is 2.86. The van der Waals surface area contributed by atoms with Crippen molar-refractivity contribution in [2.45, 2.75) is 50.2 Å². The van der Waals surface area contributed by atoms with E-state index < -0.39 is 0 Å². The zero-order valence-corrected chi connectivity index (χ0v) is 8.58. The second-order valence-corrected chi connectivity index (χ2v) is 5.11. The Hall–Kier alpha value is -0.0800. The number of nitrogens with zero attached hydrogens (tertiary/aromatic N) is 2. The molecule has 2 heteroatoms. The smallest absolute Gasteiger partial charge is 0.0241 e. The number of rotatable bonds is 1. The molecule has 0 N–H and O–H groups in total. The van der Waals surface area contributed by atoms with Crippen LogP contribution in [0.3, 0.4) is 0 Å². The molecule has 2 bridgehead atoms. The number of fused-ring (bicyclic) bond motifs is 2. The molecule has 0 aromatic carbocycles. The van der Waals surface area contributed by atoms with E-state index in [0.717, 1.165) is 18.1 Å².